The number of aryl methyl sites for hydroxylation is 2. The highest BCUT2D eigenvalue weighted by molar-refractivity contribution is 5.58. The second-order valence-electron chi connectivity index (χ2n) is 7.52. The Morgan fingerprint density at radius 3 is 2.52 bits per heavy atom. The zero-order valence-electron chi connectivity index (χ0n) is 16.2. The first-order chi connectivity index (χ1) is 13.2. The normalized spacial score (nSPS) is 15.9. The molecule has 0 bridgehead atoms. The van der Waals surface area contributed by atoms with Gasteiger partial charge in [0.25, 0.3) is 0 Å². The fourth-order valence-corrected chi connectivity index (χ4v) is 3.86. The van der Waals surface area contributed by atoms with Gasteiger partial charge in [-0.05, 0) is 51.8 Å². The van der Waals surface area contributed by atoms with Crippen LogP contribution in [0.15, 0.2) is 48.8 Å². The second-order valence-corrected chi connectivity index (χ2v) is 7.52. The van der Waals surface area contributed by atoms with Crippen molar-refractivity contribution in [1.29, 1.82) is 0 Å². The van der Waals surface area contributed by atoms with Crippen molar-refractivity contribution in [3.8, 4) is 11.3 Å². The molecule has 0 saturated carbocycles. The molecule has 0 atom stereocenters. The molecule has 5 nitrogen and oxygen atoms in total. The van der Waals surface area contributed by atoms with Gasteiger partial charge in [0.15, 0.2) is 0 Å². The van der Waals surface area contributed by atoms with E-state index in [-0.39, 0.29) is 0 Å². The Labute approximate surface area is 161 Å². The van der Waals surface area contributed by atoms with Gasteiger partial charge >= 0.3 is 0 Å². The number of hydrogen-bond acceptors (Lipinski definition) is 4. The van der Waals surface area contributed by atoms with Gasteiger partial charge in [-0.2, -0.15) is 0 Å². The second kappa shape index (κ2) is 8.01. The predicted octanol–water partition coefficient (Wildman–Crippen LogP) is 3.87. The Kier molecular flexibility index (Phi) is 5.30. The topological polar surface area (TPSA) is 46.8 Å². The molecule has 0 radical (unpaired) electrons. The SMILES string of the molecule is Cc1cc(-c2ccccc2)nc(CN2CCC(Cn3ccnc3C)CC2)n1. The van der Waals surface area contributed by atoms with E-state index in [0.29, 0.717) is 0 Å². The molecule has 3 heterocycles. The van der Waals surface area contributed by atoms with Crippen LogP contribution in [-0.2, 0) is 13.1 Å². The Bertz CT molecular complexity index is 879. The third-order valence-corrected chi connectivity index (χ3v) is 5.42. The maximum absolute atomic E-state index is 4.82. The molecule has 5 heteroatoms. The quantitative estimate of drug-likeness (QED) is 0.692. The van der Waals surface area contributed by atoms with Gasteiger partial charge in [-0.25, -0.2) is 15.0 Å². The largest absolute Gasteiger partial charge is 0.335 e. The van der Waals surface area contributed by atoms with Gasteiger partial charge in [0.05, 0.1) is 12.2 Å². The van der Waals surface area contributed by atoms with E-state index in [0.717, 1.165) is 60.7 Å². The van der Waals surface area contributed by atoms with E-state index in [1.54, 1.807) is 0 Å². The molecule has 3 aromatic rings. The van der Waals surface area contributed by atoms with E-state index in [1.807, 2.05) is 12.3 Å². The number of nitrogens with zero attached hydrogens (tertiary/aromatic N) is 5. The highest BCUT2D eigenvalue weighted by Crippen LogP contribution is 2.22. The summed E-state index contributed by atoms with van der Waals surface area (Å²) in [6, 6.07) is 12.4. The van der Waals surface area contributed by atoms with Gasteiger partial charge < -0.3 is 4.57 Å². The highest BCUT2D eigenvalue weighted by atomic mass is 15.2. The minimum Gasteiger partial charge on any atom is -0.335 e. The number of benzene rings is 1. The smallest absolute Gasteiger partial charge is 0.143 e. The molecule has 27 heavy (non-hydrogen) atoms. The first-order valence-electron chi connectivity index (χ1n) is 9.77. The van der Waals surface area contributed by atoms with Crippen LogP contribution in [0.3, 0.4) is 0 Å². The Hall–Kier alpha value is -2.53. The van der Waals surface area contributed by atoms with E-state index in [9.17, 15) is 0 Å². The van der Waals surface area contributed by atoms with Crippen LogP contribution in [0, 0.1) is 19.8 Å². The summed E-state index contributed by atoms with van der Waals surface area (Å²) in [6.45, 7) is 8.26. The molecule has 140 valence electrons. The predicted molar refractivity (Wildman–Crippen MR) is 107 cm³/mol. The zero-order chi connectivity index (χ0) is 18.6. The van der Waals surface area contributed by atoms with E-state index in [4.69, 9.17) is 4.98 Å². The van der Waals surface area contributed by atoms with Gasteiger partial charge in [0.2, 0.25) is 0 Å². The molecule has 1 aliphatic heterocycles. The van der Waals surface area contributed by atoms with Crippen molar-refractivity contribution >= 4 is 0 Å². The van der Waals surface area contributed by atoms with E-state index in [1.165, 1.54) is 12.8 Å². The van der Waals surface area contributed by atoms with Crippen molar-refractivity contribution in [3.63, 3.8) is 0 Å². The maximum atomic E-state index is 4.82. The minimum atomic E-state index is 0.729. The monoisotopic (exact) mass is 361 g/mol. The van der Waals surface area contributed by atoms with E-state index < -0.39 is 0 Å². The highest BCUT2D eigenvalue weighted by Gasteiger charge is 2.21. The molecule has 1 aliphatic rings. The average Bonchev–Trinajstić information content (AvgIpc) is 3.08. The number of imidazole rings is 1. The summed E-state index contributed by atoms with van der Waals surface area (Å²) < 4.78 is 2.27. The number of hydrogen-bond donors (Lipinski definition) is 0. The molecule has 1 saturated heterocycles. The molecule has 0 spiro atoms. The Balaban J connectivity index is 1.38. The number of aromatic nitrogens is 4. The van der Waals surface area contributed by atoms with Crippen LogP contribution >= 0.6 is 0 Å². The van der Waals surface area contributed by atoms with Crippen LogP contribution in [-0.4, -0.2) is 37.5 Å². The molecule has 2 aromatic heterocycles. The van der Waals surface area contributed by atoms with Crippen molar-refractivity contribution in [1.82, 2.24) is 24.4 Å². The summed E-state index contributed by atoms with van der Waals surface area (Å²) in [6.07, 6.45) is 6.42. The van der Waals surface area contributed by atoms with Crippen molar-refractivity contribution < 1.29 is 0 Å². The molecule has 4 rings (SSSR count). The van der Waals surface area contributed by atoms with Gasteiger partial charge in [-0.3, -0.25) is 4.90 Å². The van der Waals surface area contributed by atoms with Gasteiger partial charge in [0, 0.05) is 30.2 Å². The molecular formula is C22H27N5. The molecule has 1 fully saturated rings. The molecule has 0 N–H and O–H groups in total. The van der Waals surface area contributed by atoms with E-state index >= 15 is 0 Å². The summed E-state index contributed by atoms with van der Waals surface area (Å²) in [5, 5.41) is 0. The third kappa shape index (κ3) is 4.42. The lowest BCUT2D eigenvalue weighted by Gasteiger charge is -2.31. The molecule has 0 amide bonds. The van der Waals surface area contributed by atoms with Crippen molar-refractivity contribution in [2.24, 2.45) is 5.92 Å². The maximum Gasteiger partial charge on any atom is 0.143 e. The molecule has 0 unspecified atom stereocenters. The molecular weight excluding hydrogens is 334 g/mol. The average molecular weight is 361 g/mol. The van der Waals surface area contributed by atoms with Gasteiger partial charge in [-0.15, -0.1) is 0 Å². The van der Waals surface area contributed by atoms with Crippen molar-refractivity contribution in [2.75, 3.05) is 13.1 Å². The van der Waals surface area contributed by atoms with E-state index in [2.05, 4.69) is 69.8 Å². The molecule has 0 aliphatic carbocycles. The van der Waals surface area contributed by atoms with Crippen LogP contribution in [0.5, 0.6) is 0 Å². The standard InChI is InChI=1S/C22H27N5/c1-17-14-21(20-6-4-3-5-7-20)25-22(24-17)16-26-11-8-19(9-12-26)15-27-13-10-23-18(27)2/h3-7,10,13-14,19H,8-9,11-12,15-16H2,1-2H3. The lowest BCUT2D eigenvalue weighted by atomic mass is 9.96. The third-order valence-electron chi connectivity index (χ3n) is 5.42. The zero-order valence-corrected chi connectivity index (χ0v) is 16.2. The van der Waals surface area contributed by atoms with Gasteiger partial charge in [0.1, 0.15) is 11.6 Å². The van der Waals surface area contributed by atoms with Crippen LogP contribution in [0.1, 0.15) is 30.2 Å². The first-order valence-corrected chi connectivity index (χ1v) is 9.77. The fourth-order valence-electron chi connectivity index (χ4n) is 3.86. The first kappa shape index (κ1) is 17.9. The van der Waals surface area contributed by atoms with Gasteiger partial charge in [-0.1, -0.05) is 30.3 Å². The lowest BCUT2D eigenvalue weighted by Crippen LogP contribution is -2.35. The van der Waals surface area contributed by atoms with Crippen LogP contribution in [0.4, 0.5) is 0 Å². The fraction of sp³-hybridized carbons (Fsp3) is 0.409. The van der Waals surface area contributed by atoms with Crippen LogP contribution < -0.4 is 0 Å². The summed E-state index contributed by atoms with van der Waals surface area (Å²) in [5.41, 5.74) is 3.20. The number of rotatable bonds is 5. The number of likely N-dealkylation sites (tertiary alicyclic amines) is 1. The summed E-state index contributed by atoms with van der Waals surface area (Å²) >= 11 is 0. The molecule has 1 aromatic carbocycles. The van der Waals surface area contributed by atoms with Crippen molar-refractivity contribution in [2.45, 2.75) is 39.8 Å². The Morgan fingerprint density at radius 2 is 1.81 bits per heavy atom. The van der Waals surface area contributed by atoms with Crippen LogP contribution in [0.25, 0.3) is 11.3 Å². The minimum absolute atomic E-state index is 0.729. The lowest BCUT2D eigenvalue weighted by molar-refractivity contribution is 0.163. The Morgan fingerprint density at radius 1 is 1.04 bits per heavy atom. The summed E-state index contributed by atoms with van der Waals surface area (Å²) in [7, 11) is 0. The van der Waals surface area contributed by atoms with Crippen molar-refractivity contribution in [3.05, 3.63) is 66.1 Å². The summed E-state index contributed by atoms with van der Waals surface area (Å²) in [5.74, 6) is 2.77. The van der Waals surface area contributed by atoms with Crippen LogP contribution in [0.2, 0.25) is 0 Å². The number of piperidine rings is 1. The summed E-state index contributed by atoms with van der Waals surface area (Å²) in [4.78, 5) is 16.3.